The zero-order valence-electron chi connectivity index (χ0n) is 11.9. The highest BCUT2D eigenvalue weighted by Gasteiger charge is 2.08. The lowest BCUT2D eigenvalue weighted by atomic mass is 10.1. The van der Waals surface area contributed by atoms with E-state index in [0.29, 0.717) is 0 Å². The van der Waals surface area contributed by atoms with Crippen molar-refractivity contribution in [2.75, 3.05) is 11.4 Å². The molecule has 4 nitrogen and oxygen atoms in total. The summed E-state index contributed by atoms with van der Waals surface area (Å²) in [7, 11) is 0. The van der Waals surface area contributed by atoms with E-state index in [2.05, 4.69) is 16.8 Å². The second-order valence-electron chi connectivity index (χ2n) is 4.60. The molecular formula is C17H18N2O2. The second kappa shape index (κ2) is 7.24. The molecule has 0 amide bonds. The Hall–Kier alpha value is -2.62. The molecule has 1 heterocycles. The van der Waals surface area contributed by atoms with Gasteiger partial charge in [0.2, 0.25) is 0 Å². The molecule has 0 saturated carbocycles. The van der Waals surface area contributed by atoms with Crippen molar-refractivity contribution in [2.45, 2.75) is 13.5 Å². The number of anilines is 1. The third-order valence-electron chi connectivity index (χ3n) is 3.19. The Labute approximate surface area is 124 Å². The van der Waals surface area contributed by atoms with Gasteiger partial charge in [-0.25, -0.2) is 4.79 Å². The van der Waals surface area contributed by atoms with E-state index in [1.54, 1.807) is 18.5 Å². The number of nitrogens with zero attached hydrogens (tertiary/aromatic N) is 2. The normalized spacial score (nSPS) is 10.7. The SMILES string of the molecule is CCN(Cc1ccncc1)c1ccccc1C=CC(=O)O. The highest BCUT2D eigenvalue weighted by Crippen LogP contribution is 2.23. The van der Waals surface area contributed by atoms with E-state index >= 15 is 0 Å². The van der Waals surface area contributed by atoms with Crippen molar-refractivity contribution in [1.82, 2.24) is 4.98 Å². The fourth-order valence-corrected chi connectivity index (χ4v) is 2.15. The van der Waals surface area contributed by atoms with Gasteiger partial charge < -0.3 is 10.0 Å². The molecular weight excluding hydrogens is 264 g/mol. The van der Waals surface area contributed by atoms with Crippen LogP contribution in [-0.4, -0.2) is 22.6 Å². The van der Waals surface area contributed by atoms with Crippen molar-refractivity contribution >= 4 is 17.7 Å². The molecule has 4 heteroatoms. The first-order valence-electron chi connectivity index (χ1n) is 6.84. The van der Waals surface area contributed by atoms with E-state index in [1.165, 1.54) is 11.6 Å². The number of pyridine rings is 1. The number of rotatable bonds is 6. The molecule has 0 aliphatic carbocycles. The van der Waals surface area contributed by atoms with Gasteiger partial charge in [-0.2, -0.15) is 0 Å². The van der Waals surface area contributed by atoms with E-state index in [4.69, 9.17) is 5.11 Å². The smallest absolute Gasteiger partial charge is 0.328 e. The molecule has 0 atom stereocenters. The molecule has 2 rings (SSSR count). The monoisotopic (exact) mass is 282 g/mol. The van der Waals surface area contributed by atoms with Crippen LogP contribution in [0.1, 0.15) is 18.1 Å². The fraction of sp³-hybridized carbons (Fsp3) is 0.176. The molecule has 108 valence electrons. The van der Waals surface area contributed by atoms with Crippen LogP contribution >= 0.6 is 0 Å². The number of hydrogen-bond acceptors (Lipinski definition) is 3. The Bertz CT molecular complexity index is 624. The zero-order chi connectivity index (χ0) is 15.1. The van der Waals surface area contributed by atoms with Crippen LogP contribution < -0.4 is 4.90 Å². The number of aromatic nitrogens is 1. The fourth-order valence-electron chi connectivity index (χ4n) is 2.15. The molecule has 1 aromatic heterocycles. The topological polar surface area (TPSA) is 53.4 Å². The highest BCUT2D eigenvalue weighted by molar-refractivity contribution is 5.87. The molecule has 1 aromatic carbocycles. The minimum atomic E-state index is -0.943. The summed E-state index contributed by atoms with van der Waals surface area (Å²) in [5.41, 5.74) is 3.09. The molecule has 0 saturated heterocycles. The zero-order valence-corrected chi connectivity index (χ0v) is 11.9. The maximum atomic E-state index is 10.7. The molecule has 0 bridgehead atoms. The van der Waals surface area contributed by atoms with Gasteiger partial charge in [-0.15, -0.1) is 0 Å². The Morgan fingerprint density at radius 1 is 1.24 bits per heavy atom. The standard InChI is InChI=1S/C17H18N2O2/c1-2-19(13-14-9-11-18-12-10-14)16-6-4-3-5-15(16)7-8-17(20)21/h3-12H,2,13H2,1H3,(H,20,21). The van der Waals surface area contributed by atoms with Crippen LogP contribution in [0.3, 0.4) is 0 Å². The molecule has 0 unspecified atom stereocenters. The first-order chi connectivity index (χ1) is 10.2. The first-order valence-corrected chi connectivity index (χ1v) is 6.84. The van der Waals surface area contributed by atoms with Gasteiger partial charge >= 0.3 is 5.97 Å². The summed E-state index contributed by atoms with van der Waals surface area (Å²) in [6.07, 6.45) is 6.35. The van der Waals surface area contributed by atoms with E-state index < -0.39 is 5.97 Å². The number of benzene rings is 1. The number of hydrogen-bond donors (Lipinski definition) is 1. The molecule has 21 heavy (non-hydrogen) atoms. The minimum Gasteiger partial charge on any atom is -0.478 e. The highest BCUT2D eigenvalue weighted by atomic mass is 16.4. The van der Waals surface area contributed by atoms with Crippen molar-refractivity contribution in [3.63, 3.8) is 0 Å². The lowest BCUT2D eigenvalue weighted by Gasteiger charge is -2.25. The summed E-state index contributed by atoms with van der Waals surface area (Å²) >= 11 is 0. The quantitative estimate of drug-likeness (QED) is 0.827. The summed E-state index contributed by atoms with van der Waals surface area (Å²) in [5.74, 6) is -0.943. The van der Waals surface area contributed by atoms with E-state index in [9.17, 15) is 4.79 Å². The molecule has 0 aliphatic heterocycles. The largest absolute Gasteiger partial charge is 0.478 e. The van der Waals surface area contributed by atoms with Crippen LogP contribution in [0.15, 0.2) is 54.9 Å². The van der Waals surface area contributed by atoms with Gasteiger partial charge in [0.15, 0.2) is 0 Å². The summed E-state index contributed by atoms with van der Waals surface area (Å²) in [5, 5.41) is 8.79. The summed E-state index contributed by atoms with van der Waals surface area (Å²) in [4.78, 5) is 16.9. The maximum absolute atomic E-state index is 10.7. The van der Waals surface area contributed by atoms with E-state index in [1.807, 2.05) is 36.4 Å². The van der Waals surface area contributed by atoms with E-state index in [-0.39, 0.29) is 0 Å². The lowest BCUT2D eigenvalue weighted by molar-refractivity contribution is -0.131. The number of carboxylic acid groups (broad SMARTS) is 1. The molecule has 1 N–H and O–H groups in total. The minimum absolute atomic E-state index is 0.761. The number of aliphatic carboxylic acids is 1. The van der Waals surface area contributed by atoms with Crippen molar-refractivity contribution in [1.29, 1.82) is 0 Å². The van der Waals surface area contributed by atoms with Gasteiger partial charge in [0.25, 0.3) is 0 Å². The Balaban J connectivity index is 2.27. The van der Waals surface area contributed by atoms with Crippen LogP contribution in [0, 0.1) is 0 Å². The molecule has 0 radical (unpaired) electrons. The summed E-state index contributed by atoms with van der Waals surface area (Å²) < 4.78 is 0. The lowest BCUT2D eigenvalue weighted by Crippen LogP contribution is -2.22. The summed E-state index contributed by atoms with van der Waals surface area (Å²) in [6, 6.07) is 11.8. The van der Waals surface area contributed by atoms with Crippen molar-refractivity contribution in [2.24, 2.45) is 0 Å². The average molecular weight is 282 g/mol. The van der Waals surface area contributed by atoms with Crippen LogP contribution in [0.25, 0.3) is 6.08 Å². The predicted molar refractivity (Wildman–Crippen MR) is 84.1 cm³/mol. The Kier molecular flexibility index (Phi) is 5.10. The van der Waals surface area contributed by atoms with Crippen LogP contribution in [-0.2, 0) is 11.3 Å². The molecule has 0 spiro atoms. The molecule has 0 aliphatic rings. The average Bonchev–Trinajstić information content (AvgIpc) is 2.52. The van der Waals surface area contributed by atoms with Gasteiger partial charge in [-0.1, -0.05) is 18.2 Å². The second-order valence-corrected chi connectivity index (χ2v) is 4.60. The van der Waals surface area contributed by atoms with Gasteiger partial charge in [-0.3, -0.25) is 4.98 Å². The van der Waals surface area contributed by atoms with Crippen molar-refractivity contribution < 1.29 is 9.90 Å². The van der Waals surface area contributed by atoms with Crippen molar-refractivity contribution in [3.8, 4) is 0 Å². The summed E-state index contributed by atoms with van der Waals surface area (Å²) in [6.45, 7) is 3.68. The van der Waals surface area contributed by atoms with Crippen LogP contribution in [0.2, 0.25) is 0 Å². The molecule has 2 aromatic rings. The Morgan fingerprint density at radius 2 is 1.95 bits per heavy atom. The van der Waals surface area contributed by atoms with Gasteiger partial charge in [0.05, 0.1) is 0 Å². The van der Waals surface area contributed by atoms with Crippen LogP contribution in [0.4, 0.5) is 5.69 Å². The number of carboxylic acids is 1. The van der Waals surface area contributed by atoms with Gasteiger partial charge in [-0.05, 0) is 42.3 Å². The third kappa shape index (κ3) is 4.18. The number of carbonyl (C=O) groups is 1. The van der Waals surface area contributed by atoms with E-state index in [0.717, 1.165) is 24.3 Å². The van der Waals surface area contributed by atoms with Crippen molar-refractivity contribution in [3.05, 3.63) is 66.0 Å². The maximum Gasteiger partial charge on any atom is 0.328 e. The third-order valence-corrected chi connectivity index (χ3v) is 3.19. The first kappa shape index (κ1) is 14.8. The van der Waals surface area contributed by atoms with Gasteiger partial charge in [0.1, 0.15) is 0 Å². The van der Waals surface area contributed by atoms with Gasteiger partial charge in [0, 0.05) is 37.2 Å². The Morgan fingerprint density at radius 3 is 2.62 bits per heavy atom. The predicted octanol–water partition coefficient (Wildman–Crippen LogP) is 3.21. The number of para-hydroxylation sites is 1. The molecule has 0 fully saturated rings. The van der Waals surface area contributed by atoms with Crippen LogP contribution in [0.5, 0.6) is 0 Å².